The maximum Gasteiger partial charge on any atom is 0.335 e. The third-order valence-corrected chi connectivity index (χ3v) is 2.28. The highest BCUT2D eigenvalue weighted by Crippen LogP contribution is 2.17. The highest BCUT2D eigenvalue weighted by molar-refractivity contribution is 5.90. The molecule has 0 unspecified atom stereocenters. The van der Waals surface area contributed by atoms with Gasteiger partial charge in [0.2, 0.25) is 6.08 Å². The molecule has 0 heterocycles. The summed E-state index contributed by atoms with van der Waals surface area (Å²) in [5.74, 6) is -0.965. The van der Waals surface area contributed by atoms with Crippen LogP contribution in [0, 0.1) is 13.8 Å². The monoisotopic (exact) mass is 205 g/mol. The molecule has 0 bridgehead atoms. The van der Waals surface area contributed by atoms with Gasteiger partial charge in [-0.25, -0.2) is 14.6 Å². The van der Waals surface area contributed by atoms with Crippen LogP contribution in [0.5, 0.6) is 0 Å². The Labute approximate surface area is 87.3 Å². The second-order valence-electron chi connectivity index (χ2n) is 3.30. The van der Waals surface area contributed by atoms with Crippen molar-refractivity contribution in [2.75, 3.05) is 0 Å². The fraction of sp³-hybridized carbons (Fsp3) is 0.273. The number of benzene rings is 1. The third kappa shape index (κ3) is 2.51. The van der Waals surface area contributed by atoms with Gasteiger partial charge in [-0.05, 0) is 36.6 Å². The Balaban J connectivity index is 3.22. The predicted molar refractivity (Wildman–Crippen MR) is 54.7 cm³/mol. The first-order valence-corrected chi connectivity index (χ1v) is 4.43. The Morgan fingerprint density at radius 2 is 2.13 bits per heavy atom. The molecular formula is C11H11NO3. The van der Waals surface area contributed by atoms with E-state index in [1.54, 1.807) is 6.92 Å². The van der Waals surface area contributed by atoms with Gasteiger partial charge in [-0.15, -0.1) is 0 Å². The number of hydrogen-bond donors (Lipinski definition) is 1. The van der Waals surface area contributed by atoms with Gasteiger partial charge in [0.15, 0.2) is 0 Å². The van der Waals surface area contributed by atoms with Gasteiger partial charge in [-0.3, -0.25) is 0 Å². The summed E-state index contributed by atoms with van der Waals surface area (Å²) in [7, 11) is 0. The minimum Gasteiger partial charge on any atom is -0.478 e. The van der Waals surface area contributed by atoms with Crippen LogP contribution in [0.25, 0.3) is 0 Å². The molecule has 0 aliphatic heterocycles. The number of aliphatic imine (C=N–C) groups is 1. The smallest absolute Gasteiger partial charge is 0.335 e. The fourth-order valence-electron chi connectivity index (χ4n) is 1.37. The molecule has 0 aliphatic carbocycles. The zero-order valence-electron chi connectivity index (χ0n) is 8.57. The number of rotatable bonds is 3. The number of nitrogens with zero attached hydrogens (tertiary/aromatic N) is 1. The van der Waals surface area contributed by atoms with E-state index in [1.807, 2.05) is 13.0 Å². The maximum atomic E-state index is 10.9. The Bertz CT molecular complexity index is 445. The Kier molecular flexibility index (Phi) is 3.37. The Hall–Kier alpha value is -1.93. The number of carbonyl (C=O) groups excluding carboxylic acids is 1. The van der Waals surface area contributed by atoms with Gasteiger partial charge >= 0.3 is 5.97 Å². The summed E-state index contributed by atoms with van der Waals surface area (Å²) in [6.45, 7) is 3.76. The molecular weight excluding hydrogens is 194 g/mol. The number of hydrogen-bond acceptors (Lipinski definition) is 3. The van der Waals surface area contributed by atoms with E-state index in [9.17, 15) is 9.59 Å². The van der Waals surface area contributed by atoms with E-state index in [-0.39, 0.29) is 12.1 Å². The van der Waals surface area contributed by atoms with E-state index < -0.39 is 5.97 Å². The molecule has 4 heteroatoms. The quantitative estimate of drug-likeness (QED) is 0.604. The molecule has 0 saturated carbocycles. The van der Waals surface area contributed by atoms with Crippen LogP contribution in [-0.4, -0.2) is 17.2 Å². The minimum absolute atomic E-state index is 0.172. The molecule has 15 heavy (non-hydrogen) atoms. The lowest BCUT2D eigenvalue weighted by atomic mass is 10.00. The van der Waals surface area contributed by atoms with Gasteiger partial charge in [0.1, 0.15) is 0 Å². The van der Waals surface area contributed by atoms with Crippen molar-refractivity contribution in [1.29, 1.82) is 0 Å². The summed E-state index contributed by atoms with van der Waals surface area (Å²) in [5, 5.41) is 8.93. The van der Waals surface area contributed by atoms with Crippen LogP contribution in [0.3, 0.4) is 0 Å². The third-order valence-electron chi connectivity index (χ3n) is 2.28. The average Bonchev–Trinajstić information content (AvgIpc) is 2.19. The Morgan fingerprint density at radius 3 is 2.67 bits per heavy atom. The van der Waals surface area contributed by atoms with Gasteiger partial charge in [-0.1, -0.05) is 6.07 Å². The van der Waals surface area contributed by atoms with Crippen LogP contribution in [-0.2, 0) is 11.3 Å². The van der Waals surface area contributed by atoms with E-state index in [0.717, 1.165) is 11.1 Å². The Morgan fingerprint density at radius 1 is 1.47 bits per heavy atom. The lowest BCUT2D eigenvalue weighted by Gasteiger charge is -2.07. The molecule has 4 nitrogen and oxygen atoms in total. The zero-order valence-corrected chi connectivity index (χ0v) is 8.57. The molecule has 1 aromatic carbocycles. The second kappa shape index (κ2) is 4.53. The molecule has 0 radical (unpaired) electrons. The van der Waals surface area contributed by atoms with E-state index in [0.29, 0.717) is 5.56 Å². The SMILES string of the molecule is Cc1cc(CN=C=O)cc(C(=O)O)c1C. The summed E-state index contributed by atoms with van der Waals surface area (Å²) in [5.41, 5.74) is 2.58. The number of aromatic carboxylic acids is 1. The van der Waals surface area contributed by atoms with Gasteiger partial charge < -0.3 is 5.11 Å². The summed E-state index contributed by atoms with van der Waals surface area (Å²) in [4.78, 5) is 24.2. The first-order valence-electron chi connectivity index (χ1n) is 4.43. The fourth-order valence-corrected chi connectivity index (χ4v) is 1.37. The van der Waals surface area contributed by atoms with Crippen LogP contribution >= 0.6 is 0 Å². The highest BCUT2D eigenvalue weighted by atomic mass is 16.4. The predicted octanol–water partition coefficient (Wildman–Crippen LogP) is 1.84. The van der Waals surface area contributed by atoms with E-state index in [4.69, 9.17) is 5.11 Å². The van der Waals surface area contributed by atoms with Crippen molar-refractivity contribution in [3.8, 4) is 0 Å². The van der Waals surface area contributed by atoms with Crippen molar-refractivity contribution in [1.82, 2.24) is 0 Å². The lowest BCUT2D eigenvalue weighted by molar-refractivity contribution is 0.0696. The molecule has 0 fully saturated rings. The summed E-state index contributed by atoms with van der Waals surface area (Å²) >= 11 is 0. The molecule has 0 aromatic heterocycles. The summed E-state index contributed by atoms with van der Waals surface area (Å²) in [6, 6.07) is 3.36. The van der Waals surface area contributed by atoms with Crippen molar-refractivity contribution in [2.24, 2.45) is 4.99 Å². The highest BCUT2D eigenvalue weighted by Gasteiger charge is 2.10. The van der Waals surface area contributed by atoms with Gasteiger partial charge in [0, 0.05) is 0 Å². The topological polar surface area (TPSA) is 66.7 Å². The number of isocyanates is 1. The summed E-state index contributed by atoms with van der Waals surface area (Å²) in [6.07, 6.45) is 1.43. The van der Waals surface area contributed by atoms with Gasteiger partial charge in [0.05, 0.1) is 12.1 Å². The van der Waals surface area contributed by atoms with Crippen molar-refractivity contribution in [3.63, 3.8) is 0 Å². The van der Waals surface area contributed by atoms with Crippen molar-refractivity contribution in [2.45, 2.75) is 20.4 Å². The number of carboxylic acid groups (broad SMARTS) is 1. The molecule has 0 amide bonds. The number of carboxylic acids is 1. The standard InChI is InChI=1S/C11H11NO3/c1-7-3-9(5-12-6-13)4-10(8(7)2)11(14)15/h3-4H,5H2,1-2H3,(H,14,15). The first-order chi connectivity index (χ1) is 7.06. The molecule has 1 aromatic rings. The van der Waals surface area contributed by atoms with E-state index >= 15 is 0 Å². The molecule has 0 saturated heterocycles. The normalized spacial score (nSPS) is 9.47. The largest absolute Gasteiger partial charge is 0.478 e. The minimum atomic E-state index is -0.965. The van der Waals surface area contributed by atoms with Crippen molar-refractivity contribution >= 4 is 12.0 Å². The maximum absolute atomic E-state index is 10.9. The van der Waals surface area contributed by atoms with Gasteiger partial charge in [-0.2, -0.15) is 0 Å². The van der Waals surface area contributed by atoms with Crippen LogP contribution in [0.15, 0.2) is 17.1 Å². The second-order valence-corrected chi connectivity index (χ2v) is 3.30. The van der Waals surface area contributed by atoms with Crippen LogP contribution in [0.1, 0.15) is 27.0 Å². The number of aryl methyl sites for hydroxylation is 1. The zero-order chi connectivity index (χ0) is 11.4. The lowest BCUT2D eigenvalue weighted by Crippen LogP contribution is -2.02. The average molecular weight is 205 g/mol. The molecule has 0 aliphatic rings. The molecule has 0 spiro atoms. The van der Waals surface area contributed by atoms with Gasteiger partial charge in [0.25, 0.3) is 0 Å². The van der Waals surface area contributed by atoms with Crippen LogP contribution in [0.2, 0.25) is 0 Å². The molecule has 0 atom stereocenters. The molecule has 78 valence electrons. The van der Waals surface area contributed by atoms with E-state index in [2.05, 4.69) is 4.99 Å². The van der Waals surface area contributed by atoms with Crippen LogP contribution < -0.4 is 0 Å². The van der Waals surface area contributed by atoms with Crippen LogP contribution in [0.4, 0.5) is 0 Å². The van der Waals surface area contributed by atoms with E-state index in [1.165, 1.54) is 12.1 Å². The van der Waals surface area contributed by atoms with Crippen molar-refractivity contribution < 1.29 is 14.7 Å². The molecule has 1 rings (SSSR count). The first kappa shape index (κ1) is 11.1. The molecule has 1 N–H and O–H groups in total. The van der Waals surface area contributed by atoms with Crippen molar-refractivity contribution in [3.05, 3.63) is 34.4 Å². The number of carbonyl (C=O) groups is 1. The summed E-state index contributed by atoms with van der Waals surface area (Å²) < 4.78 is 0.